The van der Waals surface area contributed by atoms with Gasteiger partial charge in [-0.15, -0.1) is 0 Å². The van der Waals surface area contributed by atoms with E-state index in [1.54, 1.807) is 12.1 Å². The zero-order valence-corrected chi connectivity index (χ0v) is 9.45. The van der Waals surface area contributed by atoms with Crippen LogP contribution in [0.15, 0.2) is 24.0 Å². The second-order valence-electron chi connectivity index (χ2n) is 3.96. The number of rotatable bonds is 1. The molecule has 84 valence electrons. The van der Waals surface area contributed by atoms with Gasteiger partial charge in [-0.2, -0.15) is 0 Å². The monoisotopic (exact) mass is 238 g/mol. The average Bonchev–Trinajstić information content (AvgIpc) is 2.15. The highest BCUT2D eigenvalue weighted by Crippen LogP contribution is 2.38. The van der Waals surface area contributed by atoms with Crippen LogP contribution < -0.4 is 0 Å². The summed E-state index contributed by atoms with van der Waals surface area (Å²) in [6.07, 6.45) is 0.357. The molecule has 16 heavy (non-hydrogen) atoms. The average molecular weight is 239 g/mol. The van der Waals surface area contributed by atoms with E-state index in [2.05, 4.69) is 0 Å². The number of carbonyl (C=O) groups is 1. The van der Waals surface area contributed by atoms with Gasteiger partial charge in [0.25, 0.3) is 0 Å². The van der Waals surface area contributed by atoms with Crippen LogP contribution in [0.2, 0.25) is 5.02 Å². The third-order valence-electron chi connectivity index (χ3n) is 2.82. The molecule has 0 heterocycles. The normalized spacial score (nSPS) is 19.5. The van der Waals surface area contributed by atoms with E-state index in [1.165, 1.54) is 0 Å². The van der Waals surface area contributed by atoms with E-state index in [0.29, 0.717) is 17.0 Å². The van der Waals surface area contributed by atoms with Crippen molar-refractivity contribution in [3.63, 3.8) is 0 Å². The van der Waals surface area contributed by atoms with Gasteiger partial charge in [0.05, 0.1) is 0 Å². The van der Waals surface area contributed by atoms with Crippen LogP contribution in [-0.2, 0) is 4.79 Å². The Morgan fingerprint density at radius 2 is 2.19 bits per heavy atom. The van der Waals surface area contributed by atoms with Gasteiger partial charge in [-0.1, -0.05) is 24.6 Å². The second-order valence-corrected chi connectivity index (χ2v) is 4.40. The van der Waals surface area contributed by atoms with E-state index in [4.69, 9.17) is 16.7 Å². The predicted octanol–water partition coefficient (Wildman–Crippen LogP) is 3.20. The molecular formula is C12H11ClO3. The second kappa shape index (κ2) is 3.83. The van der Waals surface area contributed by atoms with Crippen LogP contribution in [0.3, 0.4) is 0 Å². The standard InChI is InChI=1S/C12H11ClO3/c1-6-4-10(14)11(12(15)16)9-5-7(13)2-3-8(6)9/h2-3,5-6,14H,4H2,1H3,(H,15,16). The lowest BCUT2D eigenvalue weighted by molar-refractivity contribution is -0.130. The maximum absolute atomic E-state index is 11.1. The summed E-state index contributed by atoms with van der Waals surface area (Å²) in [5.74, 6) is -1.09. The van der Waals surface area contributed by atoms with Crippen LogP contribution >= 0.6 is 11.6 Å². The lowest BCUT2D eigenvalue weighted by Gasteiger charge is -2.23. The Balaban J connectivity index is 2.69. The van der Waals surface area contributed by atoms with Crippen LogP contribution in [0, 0.1) is 0 Å². The van der Waals surface area contributed by atoms with Crippen molar-refractivity contribution < 1.29 is 15.0 Å². The summed E-state index contributed by atoms with van der Waals surface area (Å²) < 4.78 is 0. The van der Waals surface area contributed by atoms with Crippen molar-refractivity contribution in [2.45, 2.75) is 19.3 Å². The van der Waals surface area contributed by atoms with Crippen molar-refractivity contribution in [2.24, 2.45) is 0 Å². The van der Waals surface area contributed by atoms with Crippen LogP contribution in [0.1, 0.15) is 30.4 Å². The van der Waals surface area contributed by atoms with Crippen LogP contribution in [0.5, 0.6) is 0 Å². The van der Waals surface area contributed by atoms with Gasteiger partial charge in [0, 0.05) is 11.4 Å². The van der Waals surface area contributed by atoms with E-state index in [9.17, 15) is 9.90 Å². The number of fused-ring (bicyclic) bond motifs is 1. The number of aliphatic carboxylic acids is 1. The number of carboxylic acid groups (broad SMARTS) is 1. The number of hydrogen-bond acceptors (Lipinski definition) is 2. The molecule has 0 aliphatic heterocycles. The Labute approximate surface area is 98.0 Å². The maximum Gasteiger partial charge on any atom is 0.339 e. The van der Waals surface area contributed by atoms with E-state index in [-0.39, 0.29) is 17.3 Å². The minimum atomic E-state index is -1.12. The first kappa shape index (κ1) is 11.0. The van der Waals surface area contributed by atoms with Gasteiger partial charge in [-0.05, 0) is 29.2 Å². The predicted molar refractivity (Wildman–Crippen MR) is 61.7 cm³/mol. The molecule has 1 aliphatic rings. The minimum Gasteiger partial charge on any atom is -0.511 e. The highest BCUT2D eigenvalue weighted by atomic mass is 35.5. The molecule has 1 unspecified atom stereocenters. The SMILES string of the molecule is CC1CC(O)=C(C(=O)O)c2cc(Cl)ccc21. The molecule has 2 rings (SSSR count). The first-order valence-electron chi connectivity index (χ1n) is 4.96. The number of allylic oxidation sites excluding steroid dienone is 1. The van der Waals surface area contributed by atoms with E-state index in [1.807, 2.05) is 13.0 Å². The smallest absolute Gasteiger partial charge is 0.339 e. The largest absolute Gasteiger partial charge is 0.511 e. The summed E-state index contributed by atoms with van der Waals surface area (Å²) in [5.41, 5.74) is 1.41. The van der Waals surface area contributed by atoms with Gasteiger partial charge in [0.1, 0.15) is 11.3 Å². The van der Waals surface area contributed by atoms with E-state index in [0.717, 1.165) is 5.56 Å². The van der Waals surface area contributed by atoms with Crippen molar-refractivity contribution >= 4 is 23.1 Å². The Bertz CT molecular complexity index is 491. The van der Waals surface area contributed by atoms with Crippen LogP contribution in [-0.4, -0.2) is 16.2 Å². The molecule has 1 aromatic rings. The van der Waals surface area contributed by atoms with Crippen molar-refractivity contribution in [1.82, 2.24) is 0 Å². The fourth-order valence-corrected chi connectivity index (χ4v) is 2.24. The number of carboxylic acids is 1. The molecule has 1 aromatic carbocycles. The maximum atomic E-state index is 11.1. The summed E-state index contributed by atoms with van der Waals surface area (Å²) >= 11 is 5.84. The molecule has 2 N–H and O–H groups in total. The van der Waals surface area contributed by atoms with Crippen molar-refractivity contribution in [3.05, 3.63) is 40.1 Å². The number of halogens is 1. The molecular weight excluding hydrogens is 228 g/mol. The van der Waals surface area contributed by atoms with E-state index < -0.39 is 5.97 Å². The first-order chi connectivity index (χ1) is 7.50. The molecule has 3 nitrogen and oxygen atoms in total. The summed E-state index contributed by atoms with van der Waals surface area (Å²) in [5, 5.41) is 19.2. The van der Waals surface area contributed by atoms with Gasteiger partial charge < -0.3 is 10.2 Å². The quantitative estimate of drug-likeness (QED) is 0.790. The lowest BCUT2D eigenvalue weighted by atomic mass is 9.83. The topological polar surface area (TPSA) is 57.5 Å². The van der Waals surface area contributed by atoms with Gasteiger partial charge >= 0.3 is 5.97 Å². The van der Waals surface area contributed by atoms with Gasteiger partial charge in [0.2, 0.25) is 0 Å². The van der Waals surface area contributed by atoms with Crippen LogP contribution in [0.4, 0.5) is 0 Å². The minimum absolute atomic E-state index is 0.0319. The molecule has 0 amide bonds. The molecule has 0 spiro atoms. The molecule has 0 saturated carbocycles. The molecule has 0 aromatic heterocycles. The Morgan fingerprint density at radius 1 is 1.50 bits per heavy atom. The summed E-state index contributed by atoms with van der Waals surface area (Å²) in [6.45, 7) is 1.95. The van der Waals surface area contributed by atoms with Gasteiger partial charge in [-0.25, -0.2) is 4.79 Å². The van der Waals surface area contributed by atoms with Crippen molar-refractivity contribution in [3.8, 4) is 0 Å². The molecule has 0 radical (unpaired) electrons. The van der Waals surface area contributed by atoms with Gasteiger partial charge in [0.15, 0.2) is 0 Å². The summed E-state index contributed by atoms with van der Waals surface area (Å²) in [7, 11) is 0. The highest BCUT2D eigenvalue weighted by molar-refractivity contribution is 6.31. The highest BCUT2D eigenvalue weighted by Gasteiger charge is 2.28. The molecule has 1 atom stereocenters. The fraction of sp³-hybridized carbons (Fsp3) is 0.250. The zero-order chi connectivity index (χ0) is 11.9. The Hall–Kier alpha value is -1.48. The van der Waals surface area contributed by atoms with Gasteiger partial charge in [-0.3, -0.25) is 0 Å². The number of aliphatic hydroxyl groups is 1. The molecule has 1 aliphatic carbocycles. The molecule has 0 bridgehead atoms. The zero-order valence-electron chi connectivity index (χ0n) is 8.70. The van der Waals surface area contributed by atoms with Crippen LogP contribution in [0.25, 0.3) is 5.57 Å². The summed E-state index contributed by atoms with van der Waals surface area (Å²) in [4.78, 5) is 11.1. The molecule has 0 saturated heterocycles. The number of aliphatic hydroxyl groups excluding tert-OH is 1. The third kappa shape index (κ3) is 1.67. The third-order valence-corrected chi connectivity index (χ3v) is 3.05. The van der Waals surface area contributed by atoms with Crippen molar-refractivity contribution in [2.75, 3.05) is 0 Å². The molecule has 0 fully saturated rings. The first-order valence-corrected chi connectivity index (χ1v) is 5.33. The van der Waals surface area contributed by atoms with E-state index >= 15 is 0 Å². The lowest BCUT2D eigenvalue weighted by Crippen LogP contribution is -2.14. The Kier molecular flexibility index (Phi) is 2.64. The summed E-state index contributed by atoms with van der Waals surface area (Å²) in [6, 6.07) is 5.14. The number of hydrogen-bond donors (Lipinski definition) is 2. The van der Waals surface area contributed by atoms with Crippen molar-refractivity contribution in [1.29, 1.82) is 0 Å². The fourth-order valence-electron chi connectivity index (χ4n) is 2.07. The Morgan fingerprint density at radius 3 is 2.81 bits per heavy atom. The number of benzene rings is 1. The molecule has 4 heteroatoms.